The fourth-order valence-corrected chi connectivity index (χ4v) is 9.97. The summed E-state index contributed by atoms with van der Waals surface area (Å²) in [6, 6.07) is 72.4. The summed E-state index contributed by atoms with van der Waals surface area (Å²) in [5.74, 6) is 1.92. The lowest BCUT2D eigenvalue weighted by Gasteiger charge is -2.20. The smallest absolute Gasteiger partial charge is 0.164 e. The van der Waals surface area contributed by atoms with Gasteiger partial charge in [-0.1, -0.05) is 182 Å². The maximum atomic E-state index is 5.26. The van der Waals surface area contributed by atoms with Gasteiger partial charge in [0.25, 0.3) is 0 Å². The Balaban J connectivity index is 1.21. The lowest BCUT2D eigenvalue weighted by atomic mass is 9.83. The van der Waals surface area contributed by atoms with E-state index in [-0.39, 0.29) is 0 Å². The topological polar surface area (TPSA) is 38.7 Å². The molecule has 0 spiro atoms. The van der Waals surface area contributed by atoms with Crippen molar-refractivity contribution in [3.8, 4) is 45.3 Å². The van der Waals surface area contributed by atoms with E-state index < -0.39 is 0 Å². The molecular formula is C57H33N3. The molecule has 0 saturated carbocycles. The van der Waals surface area contributed by atoms with Crippen molar-refractivity contribution in [2.45, 2.75) is 0 Å². The highest BCUT2D eigenvalue weighted by Crippen LogP contribution is 2.49. The minimum absolute atomic E-state index is 0.638. The van der Waals surface area contributed by atoms with E-state index in [1.54, 1.807) is 0 Å². The molecule has 0 saturated heterocycles. The van der Waals surface area contributed by atoms with Crippen LogP contribution in [0.25, 0.3) is 131 Å². The molecule has 276 valence electrons. The van der Waals surface area contributed by atoms with Crippen molar-refractivity contribution in [1.82, 2.24) is 15.0 Å². The van der Waals surface area contributed by atoms with Gasteiger partial charge in [0.05, 0.1) is 0 Å². The quantitative estimate of drug-likeness (QED) is 0.168. The second-order valence-electron chi connectivity index (χ2n) is 15.8. The van der Waals surface area contributed by atoms with Crippen LogP contribution in [0, 0.1) is 0 Å². The molecule has 0 aliphatic carbocycles. The summed E-state index contributed by atoms with van der Waals surface area (Å²) in [6.45, 7) is 0. The minimum atomic E-state index is 0.638. The zero-order chi connectivity index (χ0) is 39.3. The van der Waals surface area contributed by atoms with Crippen LogP contribution in [0.1, 0.15) is 0 Å². The van der Waals surface area contributed by atoms with E-state index >= 15 is 0 Å². The molecule has 0 fully saturated rings. The summed E-state index contributed by atoms with van der Waals surface area (Å²) in [6.07, 6.45) is 0. The average Bonchev–Trinajstić information content (AvgIpc) is 3.32. The lowest BCUT2D eigenvalue weighted by molar-refractivity contribution is 1.07. The number of aromatic nitrogens is 3. The number of hydrogen-bond acceptors (Lipinski definition) is 3. The molecule has 0 unspecified atom stereocenters. The van der Waals surface area contributed by atoms with Gasteiger partial charge in [-0.15, -0.1) is 0 Å². The molecule has 3 nitrogen and oxygen atoms in total. The number of rotatable bonds is 4. The molecule has 0 aliphatic rings. The number of hydrogen-bond donors (Lipinski definition) is 0. The maximum Gasteiger partial charge on any atom is 0.164 e. The van der Waals surface area contributed by atoms with Gasteiger partial charge < -0.3 is 0 Å². The van der Waals surface area contributed by atoms with E-state index in [1.165, 1.54) is 75.4 Å². The molecule has 3 heteroatoms. The van der Waals surface area contributed by atoms with Crippen LogP contribution < -0.4 is 0 Å². The van der Waals surface area contributed by atoms with Crippen molar-refractivity contribution < 1.29 is 0 Å². The minimum Gasteiger partial charge on any atom is -0.208 e. The molecule has 0 amide bonds. The molecular weight excluding hydrogens is 727 g/mol. The molecule has 14 aromatic rings. The first-order valence-corrected chi connectivity index (χ1v) is 20.5. The van der Waals surface area contributed by atoms with Gasteiger partial charge in [0.2, 0.25) is 0 Å². The highest BCUT2D eigenvalue weighted by atomic mass is 15.0. The van der Waals surface area contributed by atoms with Gasteiger partial charge in [0, 0.05) is 16.7 Å². The van der Waals surface area contributed by atoms with Crippen LogP contribution in [0.4, 0.5) is 0 Å². The third kappa shape index (κ3) is 4.81. The lowest BCUT2D eigenvalue weighted by Crippen LogP contribution is -2.01. The molecule has 60 heavy (non-hydrogen) atoms. The molecule has 1 aromatic heterocycles. The summed E-state index contributed by atoms with van der Waals surface area (Å²) >= 11 is 0. The molecule has 6 bridgehead atoms. The van der Waals surface area contributed by atoms with Crippen molar-refractivity contribution in [3.05, 3.63) is 200 Å². The monoisotopic (exact) mass is 759 g/mol. The van der Waals surface area contributed by atoms with Gasteiger partial charge in [-0.05, 0) is 116 Å². The number of fused-ring (bicyclic) bond motifs is 3. The van der Waals surface area contributed by atoms with Crippen LogP contribution in [-0.4, -0.2) is 15.0 Å². The predicted octanol–water partition coefficient (Wildman–Crippen LogP) is 15.2. The van der Waals surface area contributed by atoms with Gasteiger partial charge in [0.15, 0.2) is 17.5 Å². The predicted molar refractivity (Wildman–Crippen MR) is 253 cm³/mol. The highest BCUT2D eigenvalue weighted by Gasteiger charge is 2.22. The van der Waals surface area contributed by atoms with Crippen LogP contribution in [0.5, 0.6) is 0 Å². The van der Waals surface area contributed by atoms with Crippen LogP contribution >= 0.6 is 0 Å². The Bertz CT molecular complexity index is 3820. The van der Waals surface area contributed by atoms with E-state index in [0.717, 1.165) is 38.6 Å². The first-order valence-electron chi connectivity index (χ1n) is 20.5. The van der Waals surface area contributed by atoms with Crippen molar-refractivity contribution >= 4 is 86.2 Å². The van der Waals surface area contributed by atoms with Gasteiger partial charge in [-0.3, -0.25) is 0 Å². The Morgan fingerprint density at radius 1 is 0.217 bits per heavy atom. The van der Waals surface area contributed by atoms with Gasteiger partial charge in [0.1, 0.15) is 0 Å². The van der Waals surface area contributed by atoms with Crippen molar-refractivity contribution in [1.29, 1.82) is 0 Å². The Hall–Kier alpha value is -8.01. The summed E-state index contributed by atoms with van der Waals surface area (Å²) in [5.41, 5.74) is 5.03. The number of nitrogens with zero attached hydrogens (tertiary/aromatic N) is 3. The first kappa shape index (κ1) is 33.0. The summed E-state index contributed by atoms with van der Waals surface area (Å²) in [7, 11) is 0. The summed E-state index contributed by atoms with van der Waals surface area (Å²) < 4.78 is 0. The fourth-order valence-electron chi connectivity index (χ4n) is 9.97. The van der Waals surface area contributed by atoms with E-state index in [1.807, 2.05) is 36.4 Å². The molecule has 0 atom stereocenters. The Morgan fingerprint density at radius 2 is 0.617 bits per heavy atom. The normalized spacial score (nSPS) is 12.0. The Labute approximate surface area is 345 Å². The fraction of sp³-hybridized carbons (Fsp3) is 0. The van der Waals surface area contributed by atoms with E-state index in [4.69, 9.17) is 15.0 Å². The SMILES string of the molecule is c1ccc(-c2nc(-c3ccccc3)nc(-c3cc4ccccc4cc3-c3ccc4c5cccc6c7cccc8c9ccccc9c(c9ccccc9c56)c(c4c3)c87)n2)cc1. The third-order valence-electron chi connectivity index (χ3n) is 12.6. The van der Waals surface area contributed by atoms with Crippen LogP contribution in [-0.2, 0) is 0 Å². The van der Waals surface area contributed by atoms with Gasteiger partial charge in [-0.25, -0.2) is 15.0 Å². The zero-order valence-electron chi connectivity index (χ0n) is 32.4. The van der Waals surface area contributed by atoms with Gasteiger partial charge >= 0.3 is 0 Å². The molecule has 13 aromatic carbocycles. The Kier molecular flexibility index (Phi) is 7.01. The molecule has 0 aliphatic heterocycles. The van der Waals surface area contributed by atoms with Crippen LogP contribution in [0.3, 0.4) is 0 Å². The van der Waals surface area contributed by atoms with E-state index in [2.05, 4.69) is 164 Å². The molecule has 0 N–H and O–H groups in total. The molecule has 14 rings (SSSR count). The average molecular weight is 760 g/mol. The van der Waals surface area contributed by atoms with Crippen molar-refractivity contribution in [2.24, 2.45) is 0 Å². The van der Waals surface area contributed by atoms with E-state index in [0.29, 0.717) is 17.5 Å². The maximum absolute atomic E-state index is 5.26. The van der Waals surface area contributed by atoms with E-state index in [9.17, 15) is 0 Å². The second kappa shape index (κ2) is 12.7. The third-order valence-corrected chi connectivity index (χ3v) is 12.6. The highest BCUT2D eigenvalue weighted by molar-refractivity contribution is 6.45. The summed E-state index contributed by atoms with van der Waals surface area (Å²) in [4.78, 5) is 15.6. The first-order chi connectivity index (χ1) is 29.8. The number of benzene rings is 10. The van der Waals surface area contributed by atoms with Crippen molar-refractivity contribution in [3.63, 3.8) is 0 Å². The molecule has 0 radical (unpaired) electrons. The standard InChI is InChI=1S/C57H33N3/c1-3-15-34(16-4-1)55-58-56(35-17-5-2-6-18-35)60-57(59-55)50-32-37-20-8-7-19-36(37)31-48(50)38-29-30-40-41-25-13-27-45-47-28-14-26-43-39-21-9-10-22-42(39)52(54(53(43)47)49(40)33-38)46-24-12-11-23-44(46)51(41)45/h1-33H. The largest absolute Gasteiger partial charge is 0.208 e. The molecule has 1 heterocycles. The van der Waals surface area contributed by atoms with Crippen LogP contribution in [0.15, 0.2) is 200 Å². The second-order valence-corrected chi connectivity index (χ2v) is 15.8. The Morgan fingerprint density at radius 3 is 1.18 bits per heavy atom. The summed E-state index contributed by atoms with van der Waals surface area (Å²) in [5, 5.41) is 20.1. The van der Waals surface area contributed by atoms with Crippen LogP contribution in [0.2, 0.25) is 0 Å². The van der Waals surface area contributed by atoms with Crippen molar-refractivity contribution in [2.75, 3.05) is 0 Å². The zero-order valence-corrected chi connectivity index (χ0v) is 32.4. The van der Waals surface area contributed by atoms with Gasteiger partial charge in [-0.2, -0.15) is 0 Å².